The fourth-order valence-electron chi connectivity index (χ4n) is 4.04. The molecule has 5 rings (SSSR count). The van der Waals surface area contributed by atoms with Crippen LogP contribution in [0.1, 0.15) is 29.5 Å². The minimum absolute atomic E-state index is 0.0872. The molecule has 0 spiro atoms. The number of rotatable bonds is 5. The molecule has 2 aromatic heterocycles. The highest BCUT2D eigenvalue weighted by Gasteiger charge is 2.26. The van der Waals surface area contributed by atoms with Gasteiger partial charge in [-0.1, -0.05) is 0 Å². The first kappa shape index (κ1) is 16.3. The van der Waals surface area contributed by atoms with Crippen LogP contribution in [0.15, 0.2) is 35.3 Å². The van der Waals surface area contributed by atoms with Gasteiger partial charge in [-0.25, -0.2) is 4.98 Å². The molecule has 0 atom stereocenters. The van der Waals surface area contributed by atoms with E-state index in [1.54, 1.807) is 13.2 Å². The van der Waals surface area contributed by atoms with Crippen LogP contribution in [0.3, 0.4) is 0 Å². The van der Waals surface area contributed by atoms with Gasteiger partial charge in [0.25, 0.3) is 5.56 Å². The summed E-state index contributed by atoms with van der Waals surface area (Å²) in [6.07, 6.45) is 2.74. The van der Waals surface area contributed by atoms with Gasteiger partial charge in [0.2, 0.25) is 0 Å². The standard InChI is InChI=1S/C23H26N4O5/c1-15-18(14-29-2)23(25-27-21(28)5-8-24-22(15)27)26-9-6-16(7-10-26)32-17-3-4-19-20(13-17)31-12-11-30-19/h3-5,8,13,16H,6-7,9-12,14H2,1-2H3/i11D2,12D2. The fraction of sp³-hybridized carbons (Fsp3) is 0.435. The third kappa shape index (κ3) is 3.84. The van der Waals surface area contributed by atoms with E-state index >= 15 is 0 Å². The largest absolute Gasteiger partial charge is 0.490 e. The summed E-state index contributed by atoms with van der Waals surface area (Å²) in [4.78, 5) is 18.8. The number of nitrogens with zero attached hydrogens (tertiary/aromatic N) is 4. The van der Waals surface area contributed by atoms with Crippen LogP contribution in [-0.4, -0.2) is 54.0 Å². The maximum absolute atomic E-state index is 12.4. The van der Waals surface area contributed by atoms with Crippen LogP contribution in [-0.2, 0) is 11.3 Å². The maximum atomic E-state index is 12.4. The van der Waals surface area contributed by atoms with Gasteiger partial charge in [0.15, 0.2) is 23.0 Å². The number of benzene rings is 1. The van der Waals surface area contributed by atoms with E-state index in [1.807, 2.05) is 6.92 Å². The Morgan fingerprint density at radius 3 is 2.75 bits per heavy atom. The zero-order valence-corrected chi connectivity index (χ0v) is 17.8. The topological polar surface area (TPSA) is 87.4 Å². The van der Waals surface area contributed by atoms with Crippen molar-refractivity contribution in [3.63, 3.8) is 0 Å². The number of aromatic nitrogens is 3. The van der Waals surface area contributed by atoms with Gasteiger partial charge in [-0.05, 0) is 19.1 Å². The Kier molecular flexibility index (Phi) is 4.42. The smallest absolute Gasteiger partial charge is 0.274 e. The van der Waals surface area contributed by atoms with E-state index in [1.165, 1.54) is 28.9 Å². The van der Waals surface area contributed by atoms with E-state index in [0.717, 1.165) is 11.1 Å². The van der Waals surface area contributed by atoms with Crippen LogP contribution in [0.25, 0.3) is 5.65 Å². The molecule has 0 amide bonds. The Bertz CT molecular complexity index is 1360. The molecule has 0 unspecified atom stereocenters. The Balaban J connectivity index is 1.32. The molecule has 1 fully saturated rings. The van der Waals surface area contributed by atoms with Crippen LogP contribution in [0.2, 0.25) is 0 Å². The first-order chi connectivity index (χ1) is 17.1. The van der Waals surface area contributed by atoms with Crippen molar-refractivity contribution in [1.29, 1.82) is 0 Å². The molecule has 168 valence electrons. The predicted molar refractivity (Wildman–Crippen MR) is 118 cm³/mol. The molecule has 9 nitrogen and oxygen atoms in total. The molecule has 0 aliphatic carbocycles. The van der Waals surface area contributed by atoms with Crippen molar-refractivity contribution >= 4 is 11.5 Å². The number of anilines is 1. The molecular weight excluding hydrogens is 412 g/mol. The van der Waals surface area contributed by atoms with Gasteiger partial charge in [0.05, 0.1) is 12.1 Å². The second-order valence-electron chi connectivity index (χ2n) is 7.70. The number of methoxy groups -OCH3 is 1. The van der Waals surface area contributed by atoms with Crippen LogP contribution in [0.5, 0.6) is 17.2 Å². The van der Waals surface area contributed by atoms with E-state index < -0.39 is 13.1 Å². The molecule has 2 aliphatic rings. The number of aryl methyl sites for hydroxylation is 1. The lowest BCUT2D eigenvalue weighted by Crippen LogP contribution is -2.40. The average molecular weight is 443 g/mol. The molecule has 2 aliphatic heterocycles. The summed E-state index contributed by atoms with van der Waals surface area (Å²) in [5.74, 6) is 1.37. The van der Waals surface area contributed by atoms with E-state index in [4.69, 9.17) is 24.4 Å². The zero-order valence-electron chi connectivity index (χ0n) is 21.8. The van der Waals surface area contributed by atoms with Crippen LogP contribution >= 0.6 is 0 Å². The van der Waals surface area contributed by atoms with Gasteiger partial charge in [-0.15, -0.1) is 5.10 Å². The van der Waals surface area contributed by atoms with Gasteiger partial charge in [0, 0.05) is 62.5 Å². The minimum atomic E-state index is -2.63. The Labute approximate surface area is 191 Å². The summed E-state index contributed by atoms with van der Waals surface area (Å²) >= 11 is 0. The van der Waals surface area contributed by atoms with Crippen molar-refractivity contribution in [2.45, 2.75) is 32.5 Å². The summed E-state index contributed by atoms with van der Waals surface area (Å²) in [7, 11) is 1.62. The van der Waals surface area contributed by atoms with E-state index in [0.29, 0.717) is 49.8 Å². The minimum Gasteiger partial charge on any atom is -0.490 e. The average Bonchev–Trinajstić information content (AvgIpc) is 2.82. The second-order valence-corrected chi connectivity index (χ2v) is 7.70. The van der Waals surface area contributed by atoms with Gasteiger partial charge in [0.1, 0.15) is 25.0 Å². The lowest BCUT2D eigenvalue weighted by molar-refractivity contribution is 0.158. The fourth-order valence-corrected chi connectivity index (χ4v) is 4.04. The van der Waals surface area contributed by atoms with Crippen LogP contribution in [0, 0.1) is 6.92 Å². The number of hydrogen-bond donors (Lipinski definition) is 0. The molecule has 1 saturated heterocycles. The van der Waals surface area contributed by atoms with E-state index in [9.17, 15) is 4.79 Å². The molecule has 32 heavy (non-hydrogen) atoms. The number of piperidine rings is 1. The molecule has 4 heterocycles. The van der Waals surface area contributed by atoms with Gasteiger partial charge in [-0.2, -0.15) is 4.52 Å². The number of ether oxygens (including phenoxy) is 4. The Morgan fingerprint density at radius 1 is 1.19 bits per heavy atom. The maximum Gasteiger partial charge on any atom is 0.274 e. The third-order valence-corrected chi connectivity index (χ3v) is 5.69. The van der Waals surface area contributed by atoms with Gasteiger partial charge < -0.3 is 23.8 Å². The van der Waals surface area contributed by atoms with Crippen molar-refractivity contribution in [3.05, 3.63) is 51.9 Å². The molecule has 0 N–H and O–H groups in total. The van der Waals surface area contributed by atoms with Gasteiger partial charge >= 0.3 is 0 Å². The highest BCUT2D eigenvalue weighted by atomic mass is 16.6. The first-order valence-corrected chi connectivity index (χ1v) is 10.4. The lowest BCUT2D eigenvalue weighted by Gasteiger charge is -2.34. The molecule has 9 heteroatoms. The van der Waals surface area contributed by atoms with Crippen molar-refractivity contribution in [2.75, 3.05) is 38.2 Å². The van der Waals surface area contributed by atoms with Crippen molar-refractivity contribution < 1.29 is 24.4 Å². The third-order valence-electron chi connectivity index (χ3n) is 5.69. The van der Waals surface area contributed by atoms with E-state index in [-0.39, 0.29) is 23.2 Å². The normalized spacial score (nSPS) is 21.4. The molecule has 0 radical (unpaired) electrons. The van der Waals surface area contributed by atoms with Crippen molar-refractivity contribution in [2.24, 2.45) is 0 Å². The summed E-state index contributed by atoms with van der Waals surface area (Å²) in [6, 6.07) is 6.05. The summed E-state index contributed by atoms with van der Waals surface area (Å²) in [5.41, 5.74) is 1.99. The van der Waals surface area contributed by atoms with E-state index in [2.05, 4.69) is 15.0 Å². The molecule has 0 bridgehead atoms. The molecule has 0 saturated carbocycles. The van der Waals surface area contributed by atoms with Crippen LogP contribution < -0.4 is 24.7 Å². The molecular formula is C23H26N4O5. The predicted octanol–water partition coefficient (Wildman–Crippen LogP) is 2.36. The number of hydrogen-bond acceptors (Lipinski definition) is 8. The molecule has 3 aromatic rings. The Hall–Kier alpha value is -3.33. The first-order valence-electron chi connectivity index (χ1n) is 12.4. The quantitative estimate of drug-likeness (QED) is 0.595. The Morgan fingerprint density at radius 2 is 1.97 bits per heavy atom. The zero-order chi connectivity index (χ0) is 25.7. The lowest BCUT2D eigenvalue weighted by atomic mass is 10.1. The summed E-state index contributed by atoms with van der Waals surface area (Å²) in [5, 5.41) is 4.61. The SMILES string of the molecule is [2H]C1([2H])Oc2ccc(OC3CCN(c4nn5c(=O)ccnc5c(C)c4COC)CC3)cc2OC1([2H])[2H]. The van der Waals surface area contributed by atoms with Crippen molar-refractivity contribution in [1.82, 2.24) is 14.6 Å². The monoisotopic (exact) mass is 442 g/mol. The van der Waals surface area contributed by atoms with Crippen LogP contribution in [0.4, 0.5) is 5.82 Å². The summed E-state index contributed by atoms with van der Waals surface area (Å²) in [6.45, 7) is -1.70. The highest BCUT2D eigenvalue weighted by molar-refractivity contribution is 5.59. The van der Waals surface area contributed by atoms with Crippen molar-refractivity contribution in [3.8, 4) is 17.2 Å². The van der Waals surface area contributed by atoms with Gasteiger partial charge in [-0.3, -0.25) is 4.79 Å². The summed E-state index contributed by atoms with van der Waals surface area (Å²) < 4.78 is 54.2. The molecule has 1 aromatic carbocycles. The highest BCUT2D eigenvalue weighted by Crippen LogP contribution is 2.35. The number of fused-ring (bicyclic) bond motifs is 2. The second kappa shape index (κ2) is 8.66.